The van der Waals surface area contributed by atoms with E-state index >= 15 is 0 Å². The minimum Gasteiger partial charge on any atom is -0.489 e. The molecule has 144 valence electrons. The predicted molar refractivity (Wildman–Crippen MR) is 104 cm³/mol. The van der Waals surface area contributed by atoms with Gasteiger partial charge in [0.05, 0.1) is 0 Å². The Balaban J connectivity index is 3.02. The Morgan fingerprint density at radius 2 is 1.48 bits per heavy atom. The van der Waals surface area contributed by atoms with Gasteiger partial charge in [0.25, 0.3) is 10.1 Å². The van der Waals surface area contributed by atoms with E-state index in [1.54, 1.807) is 0 Å². The second kappa shape index (κ2) is 11.5. The summed E-state index contributed by atoms with van der Waals surface area (Å²) >= 11 is 0. The lowest BCUT2D eigenvalue weighted by atomic mass is 9.99. The largest absolute Gasteiger partial charge is 0.489 e. The minimum absolute atomic E-state index is 0.360. The summed E-state index contributed by atoms with van der Waals surface area (Å²) in [5.74, 6) is 0.478. The van der Waals surface area contributed by atoms with Crippen molar-refractivity contribution in [2.24, 2.45) is 0 Å². The van der Waals surface area contributed by atoms with Crippen molar-refractivity contribution in [1.82, 2.24) is 0 Å². The van der Waals surface area contributed by atoms with E-state index in [-0.39, 0.29) is 5.75 Å². The van der Waals surface area contributed by atoms with Crippen LogP contribution in [0.4, 0.5) is 0 Å². The molecule has 0 saturated carbocycles. The van der Waals surface area contributed by atoms with Crippen molar-refractivity contribution in [2.75, 3.05) is 5.75 Å². The maximum absolute atomic E-state index is 11.3. The Kier molecular flexibility index (Phi) is 10.1. The van der Waals surface area contributed by atoms with Gasteiger partial charge in [0.15, 0.2) is 0 Å². The van der Waals surface area contributed by atoms with Gasteiger partial charge in [-0.2, -0.15) is 8.42 Å². The number of rotatable bonds is 13. The van der Waals surface area contributed by atoms with E-state index in [0.717, 1.165) is 55.4 Å². The van der Waals surface area contributed by atoms with Crippen molar-refractivity contribution in [2.45, 2.75) is 84.7 Å². The molecule has 0 radical (unpaired) electrons. The SMILES string of the molecule is CCCCCc1cccc(CCCCC)c1OC(CC)CS(=O)(=O)O. The van der Waals surface area contributed by atoms with Crippen LogP contribution in [0.25, 0.3) is 0 Å². The Hall–Kier alpha value is -1.07. The molecule has 0 aliphatic heterocycles. The molecule has 0 spiro atoms. The molecular formula is C20H34O4S. The summed E-state index contributed by atoms with van der Waals surface area (Å²) in [4.78, 5) is 0. The predicted octanol–water partition coefficient (Wildman–Crippen LogP) is 5.20. The van der Waals surface area contributed by atoms with E-state index in [4.69, 9.17) is 4.74 Å². The Labute approximate surface area is 153 Å². The molecule has 1 aromatic carbocycles. The average molecular weight is 371 g/mol. The average Bonchev–Trinajstić information content (AvgIpc) is 2.55. The maximum atomic E-state index is 11.3. The van der Waals surface area contributed by atoms with Gasteiger partial charge < -0.3 is 4.74 Å². The fourth-order valence-corrected chi connectivity index (χ4v) is 3.72. The molecule has 0 aliphatic rings. The van der Waals surface area contributed by atoms with E-state index in [1.807, 2.05) is 6.92 Å². The lowest BCUT2D eigenvalue weighted by molar-refractivity contribution is 0.212. The van der Waals surface area contributed by atoms with Crippen LogP contribution in [0.1, 0.15) is 76.8 Å². The van der Waals surface area contributed by atoms with Crippen molar-refractivity contribution >= 4 is 10.1 Å². The van der Waals surface area contributed by atoms with Crippen molar-refractivity contribution in [3.8, 4) is 5.75 Å². The number of hydrogen-bond donors (Lipinski definition) is 1. The van der Waals surface area contributed by atoms with Crippen LogP contribution in [0, 0.1) is 0 Å². The van der Waals surface area contributed by atoms with Gasteiger partial charge in [0.1, 0.15) is 17.6 Å². The smallest absolute Gasteiger partial charge is 0.268 e. The van der Waals surface area contributed by atoms with E-state index in [0.29, 0.717) is 6.42 Å². The van der Waals surface area contributed by atoms with Crippen molar-refractivity contribution < 1.29 is 17.7 Å². The molecular weight excluding hydrogens is 336 g/mol. The van der Waals surface area contributed by atoms with Gasteiger partial charge in [0, 0.05) is 0 Å². The lowest BCUT2D eigenvalue weighted by Crippen LogP contribution is -2.26. The van der Waals surface area contributed by atoms with Crippen LogP contribution < -0.4 is 4.74 Å². The first kappa shape index (κ1) is 22.0. The number of aryl methyl sites for hydroxylation is 2. The Bertz CT molecular complexity index is 567. The second-order valence-electron chi connectivity index (χ2n) is 6.72. The normalized spacial score (nSPS) is 13.0. The summed E-state index contributed by atoms with van der Waals surface area (Å²) in [5, 5.41) is 0. The summed E-state index contributed by atoms with van der Waals surface area (Å²) in [6.45, 7) is 6.24. The van der Waals surface area contributed by atoms with Crippen LogP contribution in [-0.4, -0.2) is 24.8 Å². The van der Waals surface area contributed by atoms with E-state index in [1.165, 1.54) is 12.8 Å². The third-order valence-electron chi connectivity index (χ3n) is 4.41. The first-order chi connectivity index (χ1) is 11.9. The van der Waals surface area contributed by atoms with Crippen molar-refractivity contribution in [3.05, 3.63) is 29.3 Å². The van der Waals surface area contributed by atoms with Crippen LogP contribution >= 0.6 is 0 Å². The zero-order valence-corrected chi connectivity index (χ0v) is 16.8. The highest BCUT2D eigenvalue weighted by Gasteiger charge is 2.20. The minimum atomic E-state index is -4.05. The van der Waals surface area contributed by atoms with Crippen molar-refractivity contribution in [3.63, 3.8) is 0 Å². The van der Waals surface area contributed by atoms with E-state index < -0.39 is 16.2 Å². The van der Waals surface area contributed by atoms with Crippen molar-refractivity contribution in [1.29, 1.82) is 0 Å². The molecule has 0 aliphatic carbocycles. The summed E-state index contributed by atoms with van der Waals surface area (Å²) in [7, 11) is -4.05. The van der Waals surface area contributed by atoms with Gasteiger partial charge in [-0.15, -0.1) is 0 Å². The summed E-state index contributed by atoms with van der Waals surface area (Å²) in [6, 6.07) is 6.22. The highest BCUT2D eigenvalue weighted by atomic mass is 32.2. The van der Waals surface area contributed by atoms with Crippen LogP contribution in [0.3, 0.4) is 0 Å². The first-order valence-electron chi connectivity index (χ1n) is 9.63. The van der Waals surface area contributed by atoms with Gasteiger partial charge in [-0.05, 0) is 43.2 Å². The Morgan fingerprint density at radius 3 is 1.88 bits per heavy atom. The van der Waals surface area contributed by atoms with E-state index in [2.05, 4.69) is 32.0 Å². The molecule has 1 atom stereocenters. The highest BCUT2D eigenvalue weighted by molar-refractivity contribution is 7.85. The summed E-state index contributed by atoms with van der Waals surface area (Å²) < 4.78 is 37.8. The fraction of sp³-hybridized carbons (Fsp3) is 0.700. The monoisotopic (exact) mass is 370 g/mol. The first-order valence-corrected chi connectivity index (χ1v) is 11.2. The fourth-order valence-electron chi connectivity index (χ4n) is 2.95. The molecule has 1 unspecified atom stereocenters. The zero-order chi connectivity index (χ0) is 18.7. The van der Waals surface area contributed by atoms with Crippen LogP contribution in [0.5, 0.6) is 5.75 Å². The molecule has 0 aromatic heterocycles. The Morgan fingerprint density at radius 1 is 0.960 bits per heavy atom. The number of hydrogen-bond acceptors (Lipinski definition) is 3. The van der Waals surface area contributed by atoms with Crippen LogP contribution in [-0.2, 0) is 23.0 Å². The topological polar surface area (TPSA) is 63.6 Å². The third kappa shape index (κ3) is 8.73. The van der Waals surface area contributed by atoms with Crippen LogP contribution in [0.2, 0.25) is 0 Å². The molecule has 5 heteroatoms. The van der Waals surface area contributed by atoms with Gasteiger partial charge >= 0.3 is 0 Å². The molecule has 25 heavy (non-hydrogen) atoms. The zero-order valence-electron chi connectivity index (χ0n) is 16.0. The quantitative estimate of drug-likeness (QED) is 0.383. The number of unbranched alkanes of at least 4 members (excludes halogenated alkanes) is 4. The van der Waals surface area contributed by atoms with Gasteiger partial charge in [-0.1, -0.05) is 64.7 Å². The van der Waals surface area contributed by atoms with Gasteiger partial charge in [-0.25, -0.2) is 0 Å². The third-order valence-corrected chi connectivity index (χ3v) is 5.21. The molecule has 0 bridgehead atoms. The number of benzene rings is 1. The van der Waals surface area contributed by atoms with Crippen LogP contribution in [0.15, 0.2) is 18.2 Å². The molecule has 1 aromatic rings. The maximum Gasteiger partial charge on any atom is 0.268 e. The van der Waals surface area contributed by atoms with Gasteiger partial charge in [-0.3, -0.25) is 4.55 Å². The highest BCUT2D eigenvalue weighted by Crippen LogP contribution is 2.29. The standard InChI is InChI=1S/C20H34O4S/c1-4-7-9-12-17-14-11-15-18(13-10-8-5-2)20(17)24-19(6-3)16-25(21,22)23/h11,14-15,19H,4-10,12-13,16H2,1-3H3,(H,21,22,23). The molecule has 4 nitrogen and oxygen atoms in total. The van der Waals surface area contributed by atoms with E-state index in [9.17, 15) is 13.0 Å². The number of para-hydroxylation sites is 1. The molecule has 1 N–H and O–H groups in total. The summed E-state index contributed by atoms with van der Waals surface area (Å²) in [5.41, 5.74) is 2.30. The molecule has 0 amide bonds. The number of ether oxygens (including phenoxy) is 1. The second-order valence-corrected chi connectivity index (χ2v) is 8.21. The molecule has 0 saturated heterocycles. The summed E-state index contributed by atoms with van der Waals surface area (Å²) in [6.07, 6.45) is 8.74. The lowest BCUT2D eigenvalue weighted by Gasteiger charge is -2.22. The molecule has 0 heterocycles. The molecule has 0 fully saturated rings. The van der Waals surface area contributed by atoms with Gasteiger partial charge in [0.2, 0.25) is 0 Å². The molecule has 1 rings (SSSR count).